The quantitative estimate of drug-likeness (QED) is 0.912. The van der Waals surface area contributed by atoms with Crippen LogP contribution in [0.2, 0.25) is 0 Å². The van der Waals surface area contributed by atoms with Gasteiger partial charge in [-0.15, -0.1) is 0 Å². The molecule has 0 aliphatic carbocycles. The Morgan fingerprint density at radius 3 is 2.58 bits per heavy atom. The van der Waals surface area contributed by atoms with Gasteiger partial charge in [-0.1, -0.05) is 12.1 Å². The number of pyridine rings is 1. The number of benzene rings is 1. The van der Waals surface area contributed by atoms with Gasteiger partial charge < -0.3 is 5.32 Å². The maximum Gasteiger partial charge on any atom is 0.144 e. The molecule has 3 nitrogen and oxygen atoms in total. The molecule has 0 aliphatic heterocycles. The van der Waals surface area contributed by atoms with E-state index in [2.05, 4.69) is 16.4 Å². The van der Waals surface area contributed by atoms with Crippen LogP contribution in [0.1, 0.15) is 29.7 Å². The standard InChI is InChI=1S/C15H14FN3/c1-10-7-8-18-15(14(10)9-17)19-11(2)12-3-5-13(16)6-4-12/h3-8,11H,1-2H3,(H,18,19). The first kappa shape index (κ1) is 13.0. The molecule has 0 amide bonds. The van der Waals surface area contributed by atoms with E-state index in [1.165, 1.54) is 12.1 Å². The summed E-state index contributed by atoms with van der Waals surface area (Å²) in [5.74, 6) is 0.293. The minimum absolute atomic E-state index is 0.0537. The predicted octanol–water partition coefficient (Wildman–Crippen LogP) is 3.57. The number of hydrogen-bond donors (Lipinski definition) is 1. The Kier molecular flexibility index (Phi) is 3.76. The van der Waals surface area contributed by atoms with Crippen molar-refractivity contribution in [2.75, 3.05) is 5.32 Å². The molecule has 1 N–H and O–H groups in total. The van der Waals surface area contributed by atoms with Gasteiger partial charge in [0.05, 0.1) is 5.56 Å². The van der Waals surface area contributed by atoms with Crippen LogP contribution >= 0.6 is 0 Å². The molecule has 0 aliphatic rings. The summed E-state index contributed by atoms with van der Waals surface area (Å²) in [5.41, 5.74) is 2.36. The molecule has 1 aromatic heterocycles. The molecule has 1 unspecified atom stereocenters. The van der Waals surface area contributed by atoms with Crippen LogP contribution in [0.3, 0.4) is 0 Å². The average Bonchev–Trinajstić information content (AvgIpc) is 2.39. The van der Waals surface area contributed by atoms with E-state index >= 15 is 0 Å². The second-order valence-electron chi connectivity index (χ2n) is 4.38. The third-order valence-electron chi connectivity index (χ3n) is 2.99. The largest absolute Gasteiger partial charge is 0.362 e. The van der Waals surface area contributed by atoms with Crippen molar-refractivity contribution < 1.29 is 4.39 Å². The van der Waals surface area contributed by atoms with Crippen molar-refractivity contribution in [2.45, 2.75) is 19.9 Å². The van der Waals surface area contributed by atoms with Gasteiger partial charge in [0.1, 0.15) is 17.7 Å². The van der Waals surface area contributed by atoms with Gasteiger partial charge in [0, 0.05) is 12.2 Å². The van der Waals surface area contributed by atoms with Gasteiger partial charge in [0.2, 0.25) is 0 Å². The highest BCUT2D eigenvalue weighted by Gasteiger charge is 2.11. The summed E-state index contributed by atoms with van der Waals surface area (Å²) in [6, 6.07) is 10.2. The molecule has 1 heterocycles. The van der Waals surface area contributed by atoms with E-state index in [0.717, 1.165) is 11.1 Å². The molecule has 0 saturated heterocycles. The Balaban J connectivity index is 2.24. The first-order valence-corrected chi connectivity index (χ1v) is 5.99. The van der Waals surface area contributed by atoms with Crippen LogP contribution in [0.25, 0.3) is 0 Å². The Bertz CT molecular complexity index is 614. The normalized spacial score (nSPS) is 11.7. The van der Waals surface area contributed by atoms with Crippen LogP contribution in [0.5, 0.6) is 0 Å². The summed E-state index contributed by atoms with van der Waals surface area (Å²) < 4.78 is 12.9. The average molecular weight is 255 g/mol. The van der Waals surface area contributed by atoms with Crippen LogP contribution in [-0.4, -0.2) is 4.98 Å². The molecule has 1 aromatic carbocycles. The zero-order valence-corrected chi connectivity index (χ0v) is 10.8. The molecule has 1 atom stereocenters. The van der Waals surface area contributed by atoms with Gasteiger partial charge in [-0.2, -0.15) is 5.26 Å². The van der Waals surface area contributed by atoms with Crippen molar-refractivity contribution in [3.05, 3.63) is 59.0 Å². The number of aromatic nitrogens is 1. The summed E-state index contributed by atoms with van der Waals surface area (Å²) in [6.45, 7) is 3.81. The first-order valence-electron chi connectivity index (χ1n) is 5.99. The molecule has 19 heavy (non-hydrogen) atoms. The number of aryl methyl sites for hydroxylation is 1. The van der Waals surface area contributed by atoms with Gasteiger partial charge in [0.25, 0.3) is 0 Å². The maximum atomic E-state index is 12.9. The molecule has 0 fully saturated rings. The number of anilines is 1. The first-order chi connectivity index (χ1) is 9.11. The van der Waals surface area contributed by atoms with Crippen LogP contribution in [-0.2, 0) is 0 Å². The number of nitriles is 1. The summed E-state index contributed by atoms with van der Waals surface area (Å²) in [4.78, 5) is 4.19. The number of rotatable bonds is 3. The van der Waals surface area contributed by atoms with Gasteiger partial charge in [-0.05, 0) is 43.2 Å². The molecule has 2 aromatic rings. The van der Waals surface area contributed by atoms with Gasteiger partial charge in [-0.3, -0.25) is 0 Å². The summed E-state index contributed by atoms with van der Waals surface area (Å²) >= 11 is 0. The lowest BCUT2D eigenvalue weighted by Gasteiger charge is -2.16. The Hall–Kier alpha value is -2.41. The SMILES string of the molecule is Cc1ccnc(NC(C)c2ccc(F)cc2)c1C#N. The smallest absolute Gasteiger partial charge is 0.144 e. The van der Waals surface area contributed by atoms with Crippen molar-refractivity contribution in [3.63, 3.8) is 0 Å². The lowest BCUT2D eigenvalue weighted by Crippen LogP contribution is -2.09. The summed E-state index contributed by atoms with van der Waals surface area (Å²) in [7, 11) is 0. The summed E-state index contributed by atoms with van der Waals surface area (Å²) in [5, 5.41) is 12.3. The number of nitrogens with zero attached hydrogens (tertiary/aromatic N) is 2. The maximum absolute atomic E-state index is 12.9. The van der Waals surface area contributed by atoms with E-state index in [4.69, 9.17) is 5.26 Å². The van der Waals surface area contributed by atoms with Crippen LogP contribution in [0, 0.1) is 24.1 Å². The highest BCUT2D eigenvalue weighted by Crippen LogP contribution is 2.22. The Morgan fingerprint density at radius 2 is 1.95 bits per heavy atom. The van der Waals surface area contributed by atoms with Crippen molar-refractivity contribution in [3.8, 4) is 6.07 Å². The Morgan fingerprint density at radius 1 is 1.26 bits per heavy atom. The second-order valence-corrected chi connectivity index (χ2v) is 4.38. The highest BCUT2D eigenvalue weighted by atomic mass is 19.1. The Labute approximate surface area is 111 Å². The molecule has 0 saturated carbocycles. The van der Waals surface area contributed by atoms with Crippen molar-refractivity contribution in [1.29, 1.82) is 5.26 Å². The lowest BCUT2D eigenvalue weighted by molar-refractivity contribution is 0.626. The molecule has 0 spiro atoms. The monoisotopic (exact) mass is 255 g/mol. The topological polar surface area (TPSA) is 48.7 Å². The fourth-order valence-corrected chi connectivity index (χ4v) is 1.85. The molecule has 4 heteroatoms. The molecule has 0 bridgehead atoms. The van der Waals surface area contributed by atoms with E-state index in [-0.39, 0.29) is 11.9 Å². The minimum atomic E-state index is -0.262. The molecule has 0 radical (unpaired) electrons. The highest BCUT2D eigenvalue weighted by molar-refractivity contribution is 5.56. The molecule has 96 valence electrons. The van der Waals surface area contributed by atoms with Crippen molar-refractivity contribution in [2.24, 2.45) is 0 Å². The van der Waals surface area contributed by atoms with E-state index < -0.39 is 0 Å². The van der Waals surface area contributed by atoms with Crippen LogP contribution in [0.15, 0.2) is 36.5 Å². The van der Waals surface area contributed by atoms with Gasteiger partial charge in [0.15, 0.2) is 0 Å². The van der Waals surface area contributed by atoms with E-state index in [9.17, 15) is 4.39 Å². The van der Waals surface area contributed by atoms with Gasteiger partial charge >= 0.3 is 0 Å². The van der Waals surface area contributed by atoms with Crippen LogP contribution < -0.4 is 5.32 Å². The fourth-order valence-electron chi connectivity index (χ4n) is 1.85. The van der Waals surface area contributed by atoms with Crippen molar-refractivity contribution in [1.82, 2.24) is 4.98 Å². The molecular formula is C15H14FN3. The number of halogens is 1. The predicted molar refractivity (Wildman–Crippen MR) is 72.1 cm³/mol. The zero-order valence-electron chi connectivity index (χ0n) is 10.8. The molecular weight excluding hydrogens is 241 g/mol. The number of hydrogen-bond acceptors (Lipinski definition) is 3. The van der Waals surface area contributed by atoms with E-state index in [1.54, 1.807) is 24.4 Å². The summed E-state index contributed by atoms with van der Waals surface area (Å²) in [6.07, 6.45) is 1.66. The third-order valence-corrected chi connectivity index (χ3v) is 2.99. The zero-order chi connectivity index (χ0) is 13.8. The van der Waals surface area contributed by atoms with Crippen molar-refractivity contribution >= 4 is 5.82 Å². The minimum Gasteiger partial charge on any atom is -0.362 e. The lowest BCUT2D eigenvalue weighted by atomic mass is 10.1. The fraction of sp³-hybridized carbons (Fsp3) is 0.200. The van der Waals surface area contributed by atoms with E-state index in [1.807, 2.05) is 13.8 Å². The third kappa shape index (κ3) is 2.89. The van der Waals surface area contributed by atoms with E-state index in [0.29, 0.717) is 11.4 Å². The molecule has 2 rings (SSSR count). The second kappa shape index (κ2) is 5.49. The van der Waals surface area contributed by atoms with Crippen LogP contribution in [0.4, 0.5) is 10.2 Å². The number of nitrogens with one attached hydrogen (secondary N) is 1. The van der Waals surface area contributed by atoms with Gasteiger partial charge in [-0.25, -0.2) is 9.37 Å².